The third-order valence-electron chi connectivity index (χ3n) is 2.63. The molecule has 0 unspecified atom stereocenters. The molecule has 21 heavy (non-hydrogen) atoms. The Kier molecular flexibility index (Phi) is 4.27. The van der Waals surface area contributed by atoms with Crippen LogP contribution in [0.15, 0.2) is 39.9 Å². The highest BCUT2D eigenvalue weighted by atomic mass is 32.2. The fourth-order valence-corrected chi connectivity index (χ4v) is 2.14. The molecule has 0 amide bonds. The topological polar surface area (TPSA) is 98.5 Å². The molecule has 0 radical (unpaired) electrons. The van der Waals surface area contributed by atoms with Gasteiger partial charge < -0.3 is 14.5 Å². The minimum Gasteiger partial charge on any atom is -0.463 e. The van der Waals surface area contributed by atoms with Gasteiger partial charge in [-0.2, -0.15) is 0 Å². The summed E-state index contributed by atoms with van der Waals surface area (Å²) < 4.78 is 32.4. The number of esters is 1. The van der Waals surface area contributed by atoms with Gasteiger partial charge in [0.1, 0.15) is 5.76 Å². The van der Waals surface area contributed by atoms with Crippen LogP contribution in [-0.2, 0) is 21.1 Å². The van der Waals surface area contributed by atoms with Crippen LogP contribution in [0.25, 0.3) is 0 Å². The van der Waals surface area contributed by atoms with E-state index in [9.17, 15) is 13.2 Å². The Morgan fingerprint density at radius 1 is 1.33 bits per heavy atom. The van der Waals surface area contributed by atoms with Crippen molar-refractivity contribution in [2.75, 3.05) is 18.7 Å². The number of furan rings is 1. The minimum atomic E-state index is -3.30. The van der Waals surface area contributed by atoms with Gasteiger partial charge in [-0.3, -0.25) is 0 Å². The molecule has 112 valence electrons. The Morgan fingerprint density at radius 3 is 2.67 bits per heavy atom. The van der Waals surface area contributed by atoms with Crippen molar-refractivity contribution >= 4 is 21.5 Å². The van der Waals surface area contributed by atoms with Gasteiger partial charge in [-0.25, -0.2) is 18.2 Å². The second kappa shape index (κ2) is 5.96. The summed E-state index contributed by atoms with van der Waals surface area (Å²) in [6.45, 7) is 0.330. The number of carbonyl (C=O) groups excluding carboxylic acids is 1. The number of aromatic nitrogens is 1. The lowest BCUT2D eigenvalue weighted by atomic mass is 10.4. The summed E-state index contributed by atoms with van der Waals surface area (Å²) in [5.41, 5.74) is 0.637. The van der Waals surface area contributed by atoms with Gasteiger partial charge in [-0.1, -0.05) is 0 Å². The predicted octanol–water partition coefficient (Wildman–Crippen LogP) is 1.48. The summed E-state index contributed by atoms with van der Waals surface area (Å²) in [5.74, 6) is 0.128. The van der Waals surface area contributed by atoms with Crippen molar-refractivity contribution in [1.82, 2.24) is 4.98 Å². The lowest BCUT2D eigenvalue weighted by molar-refractivity contribution is 0.0563. The highest BCUT2D eigenvalue weighted by Crippen LogP contribution is 2.13. The Hall–Kier alpha value is -2.35. The van der Waals surface area contributed by atoms with Crippen molar-refractivity contribution in [2.45, 2.75) is 11.6 Å². The largest absolute Gasteiger partial charge is 0.463 e. The summed E-state index contributed by atoms with van der Waals surface area (Å²) in [4.78, 5) is 15.1. The van der Waals surface area contributed by atoms with E-state index in [0.717, 1.165) is 6.26 Å². The van der Waals surface area contributed by atoms with Crippen LogP contribution in [0, 0.1) is 0 Å². The lowest BCUT2D eigenvalue weighted by Gasteiger charge is -2.04. The molecule has 1 N–H and O–H groups in total. The first-order chi connectivity index (χ1) is 9.90. The number of pyridine rings is 1. The molecule has 2 rings (SSSR count). The van der Waals surface area contributed by atoms with Crippen molar-refractivity contribution in [3.63, 3.8) is 0 Å². The van der Waals surface area contributed by atoms with E-state index in [2.05, 4.69) is 15.0 Å². The Morgan fingerprint density at radius 2 is 2.10 bits per heavy atom. The molecular weight excluding hydrogens is 296 g/mol. The van der Waals surface area contributed by atoms with E-state index >= 15 is 0 Å². The number of hydrogen-bond acceptors (Lipinski definition) is 7. The Bertz CT molecular complexity index is 734. The van der Waals surface area contributed by atoms with E-state index in [1.165, 1.54) is 25.4 Å². The van der Waals surface area contributed by atoms with Gasteiger partial charge in [0.15, 0.2) is 14.9 Å². The van der Waals surface area contributed by atoms with Crippen LogP contribution < -0.4 is 5.32 Å². The van der Waals surface area contributed by atoms with Crippen LogP contribution in [0.2, 0.25) is 0 Å². The number of rotatable bonds is 5. The second-order valence-electron chi connectivity index (χ2n) is 4.27. The zero-order valence-corrected chi connectivity index (χ0v) is 12.3. The summed E-state index contributed by atoms with van der Waals surface area (Å²) in [6, 6.07) is 6.19. The zero-order valence-electron chi connectivity index (χ0n) is 11.5. The monoisotopic (exact) mass is 310 g/mol. The summed E-state index contributed by atoms with van der Waals surface area (Å²) in [5, 5.41) is 3.02. The third kappa shape index (κ3) is 3.82. The summed E-state index contributed by atoms with van der Waals surface area (Å²) >= 11 is 0. The first-order valence-electron chi connectivity index (χ1n) is 5.97. The summed E-state index contributed by atoms with van der Waals surface area (Å²) in [7, 11) is -2.03. The van der Waals surface area contributed by atoms with Gasteiger partial charge in [0.25, 0.3) is 0 Å². The average molecular weight is 310 g/mol. The number of carbonyl (C=O) groups is 1. The van der Waals surface area contributed by atoms with Crippen LogP contribution in [0.1, 0.15) is 16.3 Å². The van der Waals surface area contributed by atoms with Gasteiger partial charge in [-0.05, 0) is 24.3 Å². The van der Waals surface area contributed by atoms with E-state index in [4.69, 9.17) is 4.42 Å². The number of sulfone groups is 1. The molecule has 0 bridgehead atoms. The van der Waals surface area contributed by atoms with Gasteiger partial charge in [0.2, 0.25) is 5.76 Å². The Labute approximate surface area is 121 Å². The van der Waals surface area contributed by atoms with E-state index in [0.29, 0.717) is 18.0 Å². The standard InChI is InChI=1S/C13H14N2O5S/c1-19-13(16)11-5-4-10(20-11)8-14-9-3-6-12(15-7-9)21(2,17)18/h3-7,14H,8H2,1-2H3. The normalized spacial score (nSPS) is 11.1. The molecule has 2 heterocycles. The minimum absolute atomic E-state index is 0.0130. The van der Waals surface area contributed by atoms with Gasteiger partial charge in [0, 0.05) is 6.26 Å². The predicted molar refractivity (Wildman–Crippen MR) is 74.7 cm³/mol. The van der Waals surface area contributed by atoms with Crippen LogP contribution in [0.5, 0.6) is 0 Å². The molecule has 0 saturated heterocycles. The smallest absolute Gasteiger partial charge is 0.373 e. The number of ether oxygens (including phenoxy) is 1. The lowest BCUT2D eigenvalue weighted by Crippen LogP contribution is -2.03. The molecule has 0 atom stereocenters. The number of hydrogen-bond donors (Lipinski definition) is 1. The first kappa shape index (κ1) is 15.0. The molecule has 0 spiro atoms. The average Bonchev–Trinajstić information content (AvgIpc) is 2.92. The SMILES string of the molecule is COC(=O)c1ccc(CNc2ccc(S(C)(=O)=O)nc2)o1. The molecule has 0 fully saturated rings. The van der Waals surface area contributed by atoms with Crippen LogP contribution in [0.4, 0.5) is 5.69 Å². The maximum atomic E-state index is 11.3. The molecule has 8 heteroatoms. The fraction of sp³-hybridized carbons (Fsp3) is 0.231. The number of anilines is 1. The van der Waals surface area contributed by atoms with Crippen molar-refractivity contribution in [3.8, 4) is 0 Å². The van der Waals surface area contributed by atoms with Crippen molar-refractivity contribution in [1.29, 1.82) is 0 Å². The maximum absolute atomic E-state index is 11.3. The highest BCUT2D eigenvalue weighted by molar-refractivity contribution is 7.90. The Balaban J connectivity index is 2.00. The van der Waals surface area contributed by atoms with Crippen molar-refractivity contribution in [3.05, 3.63) is 42.0 Å². The molecule has 0 aliphatic carbocycles. The van der Waals surface area contributed by atoms with E-state index in [1.54, 1.807) is 12.1 Å². The first-order valence-corrected chi connectivity index (χ1v) is 7.86. The molecule has 7 nitrogen and oxygen atoms in total. The van der Waals surface area contributed by atoms with E-state index in [1.807, 2.05) is 0 Å². The van der Waals surface area contributed by atoms with Crippen molar-refractivity contribution < 1.29 is 22.4 Å². The molecule has 0 aliphatic rings. The van der Waals surface area contributed by atoms with Crippen molar-refractivity contribution in [2.24, 2.45) is 0 Å². The molecule has 2 aromatic rings. The number of nitrogens with zero attached hydrogens (tertiary/aromatic N) is 1. The number of nitrogens with one attached hydrogen (secondary N) is 1. The summed E-state index contributed by atoms with van der Waals surface area (Å²) in [6.07, 6.45) is 2.51. The number of methoxy groups -OCH3 is 1. The van der Waals surface area contributed by atoms with Crippen LogP contribution in [-0.4, -0.2) is 32.7 Å². The fourth-order valence-electron chi connectivity index (χ4n) is 1.58. The molecule has 2 aromatic heterocycles. The highest BCUT2D eigenvalue weighted by Gasteiger charge is 2.11. The zero-order chi connectivity index (χ0) is 15.5. The third-order valence-corrected chi connectivity index (χ3v) is 3.63. The molecular formula is C13H14N2O5S. The van der Waals surface area contributed by atoms with E-state index in [-0.39, 0.29) is 10.8 Å². The van der Waals surface area contributed by atoms with Crippen LogP contribution in [0.3, 0.4) is 0 Å². The van der Waals surface area contributed by atoms with E-state index < -0.39 is 15.8 Å². The quantitative estimate of drug-likeness (QED) is 0.835. The second-order valence-corrected chi connectivity index (χ2v) is 6.23. The van der Waals surface area contributed by atoms with Gasteiger partial charge >= 0.3 is 5.97 Å². The maximum Gasteiger partial charge on any atom is 0.373 e. The van der Waals surface area contributed by atoms with Gasteiger partial charge in [-0.15, -0.1) is 0 Å². The molecule has 0 aliphatic heterocycles. The van der Waals surface area contributed by atoms with Gasteiger partial charge in [0.05, 0.1) is 25.5 Å². The molecule has 0 aromatic carbocycles. The molecule has 0 saturated carbocycles. The van der Waals surface area contributed by atoms with Crippen LogP contribution >= 0.6 is 0 Å².